The second kappa shape index (κ2) is 8.25. The van der Waals surface area contributed by atoms with Gasteiger partial charge in [0.05, 0.1) is 5.57 Å². The molecule has 0 bridgehead atoms. The molecule has 168 valence electrons. The monoisotopic (exact) mass is 462 g/mol. The van der Waals surface area contributed by atoms with E-state index in [1.807, 2.05) is 42.5 Å². The highest BCUT2D eigenvalue weighted by molar-refractivity contribution is 6.30. The highest BCUT2D eigenvalue weighted by Crippen LogP contribution is 2.45. The summed E-state index contributed by atoms with van der Waals surface area (Å²) in [7, 11) is 0. The van der Waals surface area contributed by atoms with Crippen LogP contribution in [0.15, 0.2) is 72.3 Å². The van der Waals surface area contributed by atoms with Crippen molar-refractivity contribution in [2.45, 2.75) is 32.0 Å². The van der Waals surface area contributed by atoms with Crippen LogP contribution in [0.3, 0.4) is 0 Å². The maximum Gasteiger partial charge on any atom is 0.341 e. The van der Waals surface area contributed by atoms with Crippen molar-refractivity contribution in [2.75, 3.05) is 6.79 Å². The number of carbonyl (C=O) groups excluding carboxylic acids is 1. The van der Waals surface area contributed by atoms with E-state index in [0.29, 0.717) is 44.7 Å². The molecule has 0 amide bonds. The van der Waals surface area contributed by atoms with Crippen molar-refractivity contribution in [3.05, 3.63) is 99.6 Å². The summed E-state index contributed by atoms with van der Waals surface area (Å²) in [5.41, 5.74) is 3.98. The third kappa shape index (κ3) is 3.88. The Bertz CT molecular complexity index is 1240. The van der Waals surface area contributed by atoms with Crippen LogP contribution >= 0.6 is 11.6 Å². The van der Waals surface area contributed by atoms with Crippen LogP contribution < -0.4 is 9.47 Å². The molecule has 0 spiro atoms. The molecule has 1 atom stereocenters. The Morgan fingerprint density at radius 2 is 1.67 bits per heavy atom. The number of carbonyl (C=O) groups is 1. The number of esters is 1. The van der Waals surface area contributed by atoms with Crippen molar-refractivity contribution in [3.8, 4) is 11.5 Å². The van der Waals surface area contributed by atoms with Gasteiger partial charge in [-0.15, -0.1) is 0 Å². The minimum atomic E-state index is -1.91. The van der Waals surface area contributed by atoms with E-state index in [1.165, 1.54) is 0 Å². The summed E-state index contributed by atoms with van der Waals surface area (Å²) in [5, 5.41) is 12.2. The first-order valence-corrected chi connectivity index (χ1v) is 11.2. The van der Waals surface area contributed by atoms with Crippen LogP contribution in [-0.2, 0) is 21.7 Å². The maximum absolute atomic E-state index is 13.1. The quantitative estimate of drug-likeness (QED) is 0.501. The average Bonchev–Trinajstić information content (AvgIpc) is 3.36. The van der Waals surface area contributed by atoms with E-state index >= 15 is 0 Å². The highest BCUT2D eigenvalue weighted by Gasteiger charge is 2.48. The zero-order valence-corrected chi connectivity index (χ0v) is 19.1. The Kier molecular flexibility index (Phi) is 5.39. The lowest BCUT2D eigenvalue weighted by atomic mass is 9.87. The van der Waals surface area contributed by atoms with Crippen LogP contribution in [0.25, 0.3) is 5.57 Å². The van der Waals surface area contributed by atoms with Crippen LogP contribution in [0.2, 0.25) is 5.02 Å². The predicted octanol–water partition coefficient (Wildman–Crippen LogP) is 5.59. The molecule has 6 heteroatoms. The molecule has 0 aromatic heterocycles. The van der Waals surface area contributed by atoms with Gasteiger partial charge in [0.1, 0.15) is 0 Å². The Labute approximate surface area is 197 Å². The minimum absolute atomic E-state index is 0.172. The lowest BCUT2D eigenvalue weighted by Crippen LogP contribution is -2.29. The van der Waals surface area contributed by atoms with Crippen LogP contribution in [0.1, 0.15) is 42.0 Å². The van der Waals surface area contributed by atoms with Gasteiger partial charge >= 0.3 is 5.97 Å². The molecule has 3 aromatic rings. The third-order valence-electron chi connectivity index (χ3n) is 6.07. The number of hydrogen-bond acceptors (Lipinski definition) is 5. The predicted molar refractivity (Wildman–Crippen MR) is 125 cm³/mol. The van der Waals surface area contributed by atoms with Crippen LogP contribution in [0.4, 0.5) is 0 Å². The molecule has 0 aliphatic carbocycles. The van der Waals surface area contributed by atoms with Crippen LogP contribution in [0, 0.1) is 0 Å². The first kappa shape index (κ1) is 21.6. The van der Waals surface area contributed by atoms with Gasteiger partial charge in [0.25, 0.3) is 5.79 Å². The van der Waals surface area contributed by atoms with Gasteiger partial charge in [0.15, 0.2) is 11.5 Å². The fourth-order valence-electron chi connectivity index (χ4n) is 4.24. The van der Waals surface area contributed by atoms with Gasteiger partial charge in [0.2, 0.25) is 6.79 Å². The first-order chi connectivity index (χ1) is 15.8. The number of cyclic esters (lactones) is 1. The normalized spacial score (nSPS) is 19.4. The Morgan fingerprint density at radius 1 is 0.970 bits per heavy atom. The van der Waals surface area contributed by atoms with E-state index in [9.17, 15) is 9.90 Å². The summed E-state index contributed by atoms with van der Waals surface area (Å²) < 4.78 is 16.6. The standard InChI is InChI=1S/C27H23ClO5/c1-16(2)18-4-6-19(7-5-18)25-22(13-17-3-12-23-24(14-17)32-15-31-23)27(30,33-26(25)29)20-8-10-21(28)11-9-20/h3-12,14,16,30H,13,15H2,1-2H3. The van der Waals surface area contributed by atoms with Gasteiger partial charge in [-0.2, -0.15) is 0 Å². The molecular weight excluding hydrogens is 440 g/mol. The molecule has 1 N–H and O–H groups in total. The maximum atomic E-state index is 13.1. The summed E-state index contributed by atoms with van der Waals surface area (Å²) in [5.74, 6) is -0.812. The largest absolute Gasteiger partial charge is 0.454 e. The molecule has 5 nitrogen and oxygen atoms in total. The van der Waals surface area contributed by atoms with Crippen LogP contribution in [0.5, 0.6) is 11.5 Å². The zero-order valence-electron chi connectivity index (χ0n) is 18.3. The third-order valence-corrected chi connectivity index (χ3v) is 6.33. The molecule has 33 heavy (non-hydrogen) atoms. The number of rotatable bonds is 5. The van der Waals surface area contributed by atoms with E-state index < -0.39 is 11.8 Å². The van der Waals surface area contributed by atoms with E-state index in [2.05, 4.69) is 13.8 Å². The number of halogens is 1. The van der Waals surface area contributed by atoms with E-state index in [4.69, 9.17) is 25.8 Å². The fraction of sp³-hybridized carbons (Fsp3) is 0.222. The number of ether oxygens (including phenoxy) is 3. The molecule has 2 aliphatic rings. The van der Waals surface area contributed by atoms with Gasteiger partial charge in [-0.25, -0.2) is 4.79 Å². The Balaban J connectivity index is 1.64. The summed E-state index contributed by atoms with van der Waals surface area (Å²) in [4.78, 5) is 13.1. The molecule has 1 unspecified atom stereocenters. The molecule has 2 aliphatic heterocycles. The highest BCUT2D eigenvalue weighted by atomic mass is 35.5. The number of fused-ring (bicyclic) bond motifs is 1. The van der Waals surface area contributed by atoms with Crippen molar-refractivity contribution in [1.82, 2.24) is 0 Å². The van der Waals surface area contributed by atoms with E-state index in [-0.39, 0.29) is 13.2 Å². The Hall–Kier alpha value is -3.28. The number of aliphatic hydroxyl groups is 1. The zero-order chi connectivity index (χ0) is 23.2. The van der Waals surface area contributed by atoms with Crippen molar-refractivity contribution in [2.24, 2.45) is 0 Å². The van der Waals surface area contributed by atoms with Gasteiger partial charge in [-0.05, 0) is 46.9 Å². The molecule has 3 aromatic carbocycles. The second-order valence-electron chi connectivity index (χ2n) is 8.54. The minimum Gasteiger partial charge on any atom is -0.454 e. The second-order valence-corrected chi connectivity index (χ2v) is 8.97. The Morgan fingerprint density at radius 3 is 2.36 bits per heavy atom. The van der Waals surface area contributed by atoms with E-state index in [0.717, 1.165) is 11.1 Å². The number of hydrogen-bond donors (Lipinski definition) is 1. The summed E-state index contributed by atoms with van der Waals surface area (Å²) in [6.45, 7) is 4.40. The van der Waals surface area contributed by atoms with Crippen molar-refractivity contribution >= 4 is 23.1 Å². The van der Waals surface area contributed by atoms with Gasteiger partial charge in [-0.1, -0.05) is 67.9 Å². The molecule has 0 radical (unpaired) electrons. The van der Waals surface area contributed by atoms with Gasteiger partial charge in [-0.3, -0.25) is 0 Å². The molecule has 0 saturated heterocycles. The summed E-state index contributed by atoms with van der Waals surface area (Å²) >= 11 is 6.05. The van der Waals surface area contributed by atoms with Gasteiger partial charge in [0, 0.05) is 22.6 Å². The van der Waals surface area contributed by atoms with Crippen molar-refractivity contribution < 1.29 is 24.1 Å². The summed E-state index contributed by atoms with van der Waals surface area (Å²) in [6, 6.07) is 20.0. The molecular formula is C27H23ClO5. The molecule has 0 fully saturated rings. The lowest BCUT2D eigenvalue weighted by molar-refractivity contribution is -0.185. The summed E-state index contributed by atoms with van der Waals surface area (Å²) in [6.07, 6.45) is 0.281. The molecule has 0 saturated carbocycles. The van der Waals surface area contributed by atoms with Crippen LogP contribution in [-0.4, -0.2) is 17.9 Å². The van der Waals surface area contributed by atoms with Crippen molar-refractivity contribution in [3.63, 3.8) is 0 Å². The fourth-order valence-corrected chi connectivity index (χ4v) is 4.36. The van der Waals surface area contributed by atoms with E-state index in [1.54, 1.807) is 24.3 Å². The topological polar surface area (TPSA) is 65.0 Å². The number of benzene rings is 3. The lowest BCUT2D eigenvalue weighted by Gasteiger charge is -2.26. The first-order valence-electron chi connectivity index (χ1n) is 10.8. The van der Waals surface area contributed by atoms with Gasteiger partial charge < -0.3 is 19.3 Å². The van der Waals surface area contributed by atoms with Crippen molar-refractivity contribution in [1.29, 1.82) is 0 Å². The average molecular weight is 463 g/mol. The smallest absolute Gasteiger partial charge is 0.341 e. The molecule has 5 rings (SSSR count). The SMILES string of the molecule is CC(C)c1ccc(C2=C(Cc3ccc4c(c3)OCO4)C(O)(c3ccc(Cl)cc3)OC2=O)cc1. The molecule has 2 heterocycles.